The summed E-state index contributed by atoms with van der Waals surface area (Å²) in [6.45, 7) is 4.64. The van der Waals surface area contributed by atoms with Crippen molar-refractivity contribution in [3.8, 4) is 5.75 Å². The van der Waals surface area contributed by atoms with Crippen LogP contribution >= 0.6 is 0 Å². The van der Waals surface area contributed by atoms with Crippen molar-refractivity contribution < 1.29 is 9.47 Å². The predicted octanol–water partition coefficient (Wildman–Crippen LogP) is 2.18. The van der Waals surface area contributed by atoms with Gasteiger partial charge < -0.3 is 14.8 Å². The van der Waals surface area contributed by atoms with Gasteiger partial charge >= 0.3 is 0 Å². The molecule has 1 aromatic carbocycles. The first-order valence-corrected chi connectivity index (χ1v) is 6.30. The summed E-state index contributed by atoms with van der Waals surface area (Å²) >= 11 is 0. The molecule has 3 nitrogen and oxygen atoms in total. The highest BCUT2D eigenvalue weighted by atomic mass is 16.5. The maximum atomic E-state index is 5.69. The second-order valence-electron chi connectivity index (χ2n) is 4.40. The Hall–Kier alpha value is -1.06. The van der Waals surface area contributed by atoms with E-state index in [0.29, 0.717) is 12.0 Å². The largest absolute Gasteiger partial charge is 0.493 e. The van der Waals surface area contributed by atoms with E-state index in [1.165, 1.54) is 5.56 Å². The Morgan fingerprint density at radius 2 is 2.29 bits per heavy atom. The molecule has 0 fully saturated rings. The summed E-state index contributed by atoms with van der Waals surface area (Å²) in [5.74, 6) is 1.52. The summed E-state index contributed by atoms with van der Waals surface area (Å²) in [7, 11) is 1.76. The Balaban J connectivity index is 2.20. The van der Waals surface area contributed by atoms with E-state index >= 15 is 0 Å². The number of hydrogen-bond acceptors (Lipinski definition) is 3. The number of benzene rings is 1. The van der Waals surface area contributed by atoms with Gasteiger partial charge in [-0.1, -0.05) is 25.1 Å². The van der Waals surface area contributed by atoms with Gasteiger partial charge in [-0.3, -0.25) is 0 Å². The van der Waals surface area contributed by atoms with Crippen molar-refractivity contribution in [2.45, 2.75) is 25.3 Å². The Labute approximate surface area is 103 Å². The Morgan fingerprint density at radius 3 is 3.06 bits per heavy atom. The average Bonchev–Trinajstić information content (AvgIpc) is 2.38. The first-order valence-electron chi connectivity index (χ1n) is 6.30. The molecule has 2 atom stereocenters. The van der Waals surface area contributed by atoms with Crippen LogP contribution in [-0.4, -0.2) is 32.9 Å². The third-order valence-electron chi connectivity index (χ3n) is 3.30. The monoisotopic (exact) mass is 235 g/mol. The maximum absolute atomic E-state index is 5.69. The zero-order valence-corrected chi connectivity index (χ0v) is 10.6. The predicted molar refractivity (Wildman–Crippen MR) is 68.6 cm³/mol. The third kappa shape index (κ3) is 2.79. The lowest BCUT2D eigenvalue weighted by Crippen LogP contribution is -2.40. The molecule has 2 rings (SSSR count). The van der Waals surface area contributed by atoms with E-state index in [1.807, 2.05) is 6.07 Å². The van der Waals surface area contributed by atoms with Gasteiger partial charge in [0.15, 0.2) is 0 Å². The van der Waals surface area contributed by atoms with Crippen molar-refractivity contribution in [3.05, 3.63) is 29.8 Å². The summed E-state index contributed by atoms with van der Waals surface area (Å²) < 4.78 is 11.0. The van der Waals surface area contributed by atoms with Gasteiger partial charge in [0.05, 0.1) is 13.2 Å². The molecule has 0 saturated heterocycles. The van der Waals surface area contributed by atoms with Gasteiger partial charge in [-0.15, -0.1) is 0 Å². The maximum Gasteiger partial charge on any atom is 0.122 e. The second-order valence-corrected chi connectivity index (χ2v) is 4.40. The molecule has 17 heavy (non-hydrogen) atoms. The van der Waals surface area contributed by atoms with Gasteiger partial charge in [0.1, 0.15) is 5.75 Å². The SMILES string of the molecule is CCNC(COC)C1CCOc2ccccc21. The lowest BCUT2D eigenvalue weighted by Gasteiger charge is -2.32. The van der Waals surface area contributed by atoms with Crippen molar-refractivity contribution in [2.24, 2.45) is 0 Å². The zero-order chi connectivity index (χ0) is 12.1. The minimum atomic E-state index is 0.370. The summed E-state index contributed by atoms with van der Waals surface area (Å²) in [6.07, 6.45) is 1.05. The van der Waals surface area contributed by atoms with Gasteiger partial charge in [0.25, 0.3) is 0 Å². The summed E-state index contributed by atoms with van der Waals surface area (Å²) in [6, 6.07) is 8.70. The Morgan fingerprint density at radius 1 is 1.47 bits per heavy atom. The molecule has 0 saturated carbocycles. The van der Waals surface area contributed by atoms with Crippen LogP contribution in [0.3, 0.4) is 0 Å². The summed E-state index contributed by atoms with van der Waals surface area (Å²) in [5.41, 5.74) is 1.31. The molecule has 1 heterocycles. The van der Waals surface area contributed by atoms with E-state index in [1.54, 1.807) is 7.11 Å². The molecule has 1 aromatic rings. The van der Waals surface area contributed by atoms with E-state index in [9.17, 15) is 0 Å². The van der Waals surface area contributed by atoms with Crippen LogP contribution in [0.2, 0.25) is 0 Å². The highest BCUT2D eigenvalue weighted by Crippen LogP contribution is 2.35. The molecule has 2 unspecified atom stereocenters. The number of methoxy groups -OCH3 is 1. The third-order valence-corrected chi connectivity index (χ3v) is 3.30. The van der Waals surface area contributed by atoms with Crippen molar-refractivity contribution in [2.75, 3.05) is 26.9 Å². The molecule has 0 radical (unpaired) electrons. The first-order chi connectivity index (χ1) is 8.36. The van der Waals surface area contributed by atoms with Crippen LogP contribution in [0.5, 0.6) is 5.75 Å². The molecular weight excluding hydrogens is 214 g/mol. The number of rotatable bonds is 5. The number of fused-ring (bicyclic) bond motifs is 1. The fourth-order valence-electron chi connectivity index (χ4n) is 2.55. The van der Waals surface area contributed by atoms with Crippen LogP contribution in [0.1, 0.15) is 24.8 Å². The van der Waals surface area contributed by atoms with Crippen LogP contribution in [0.4, 0.5) is 0 Å². The number of hydrogen-bond donors (Lipinski definition) is 1. The summed E-state index contributed by atoms with van der Waals surface area (Å²) in [5, 5.41) is 3.51. The minimum absolute atomic E-state index is 0.370. The second kappa shape index (κ2) is 6.03. The van der Waals surface area contributed by atoms with Crippen molar-refractivity contribution in [1.82, 2.24) is 5.32 Å². The fraction of sp³-hybridized carbons (Fsp3) is 0.571. The topological polar surface area (TPSA) is 30.5 Å². The van der Waals surface area contributed by atoms with Crippen LogP contribution in [0, 0.1) is 0 Å². The molecule has 0 bridgehead atoms. The van der Waals surface area contributed by atoms with Crippen LogP contribution < -0.4 is 10.1 Å². The highest BCUT2D eigenvalue weighted by molar-refractivity contribution is 5.38. The quantitative estimate of drug-likeness (QED) is 0.848. The summed E-state index contributed by atoms with van der Waals surface area (Å²) in [4.78, 5) is 0. The molecule has 0 aromatic heterocycles. The smallest absolute Gasteiger partial charge is 0.122 e. The van der Waals surface area contributed by atoms with E-state index in [-0.39, 0.29) is 0 Å². The zero-order valence-electron chi connectivity index (χ0n) is 10.6. The number of para-hydroxylation sites is 1. The molecule has 0 amide bonds. The van der Waals surface area contributed by atoms with Crippen molar-refractivity contribution >= 4 is 0 Å². The molecule has 0 spiro atoms. The number of nitrogens with one attached hydrogen (secondary N) is 1. The minimum Gasteiger partial charge on any atom is -0.493 e. The highest BCUT2D eigenvalue weighted by Gasteiger charge is 2.28. The van der Waals surface area contributed by atoms with E-state index in [4.69, 9.17) is 9.47 Å². The molecular formula is C14H21NO2. The molecule has 3 heteroatoms. The number of ether oxygens (including phenoxy) is 2. The number of likely N-dealkylation sites (N-methyl/N-ethyl adjacent to an activating group) is 1. The Bertz CT molecular complexity index is 348. The van der Waals surface area contributed by atoms with Crippen molar-refractivity contribution in [1.29, 1.82) is 0 Å². The van der Waals surface area contributed by atoms with Gasteiger partial charge in [0, 0.05) is 19.1 Å². The van der Waals surface area contributed by atoms with E-state index in [0.717, 1.165) is 31.9 Å². The van der Waals surface area contributed by atoms with Crippen LogP contribution in [-0.2, 0) is 4.74 Å². The van der Waals surface area contributed by atoms with E-state index in [2.05, 4.69) is 30.4 Å². The van der Waals surface area contributed by atoms with Crippen molar-refractivity contribution in [3.63, 3.8) is 0 Å². The first kappa shape index (κ1) is 12.4. The lowest BCUT2D eigenvalue weighted by molar-refractivity contribution is 0.142. The fourth-order valence-corrected chi connectivity index (χ4v) is 2.55. The van der Waals surface area contributed by atoms with Crippen LogP contribution in [0.15, 0.2) is 24.3 Å². The van der Waals surface area contributed by atoms with Gasteiger partial charge in [-0.25, -0.2) is 0 Å². The molecule has 1 aliphatic heterocycles. The van der Waals surface area contributed by atoms with Gasteiger partial charge in [-0.2, -0.15) is 0 Å². The average molecular weight is 235 g/mol. The van der Waals surface area contributed by atoms with Gasteiger partial charge in [0.2, 0.25) is 0 Å². The van der Waals surface area contributed by atoms with Gasteiger partial charge in [-0.05, 0) is 24.6 Å². The van der Waals surface area contributed by atoms with Crippen LogP contribution in [0.25, 0.3) is 0 Å². The normalized spacial score (nSPS) is 20.5. The standard InChI is InChI=1S/C14H21NO2/c1-3-15-13(10-16-2)11-8-9-17-14-7-5-4-6-12(11)14/h4-7,11,13,15H,3,8-10H2,1-2H3. The Kier molecular flexibility index (Phi) is 4.40. The molecule has 0 aliphatic carbocycles. The molecule has 1 aliphatic rings. The lowest BCUT2D eigenvalue weighted by atomic mass is 9.87. The molecule has 94 valence electrons. The van der Waals surface area contributed by atoms with E-state index < -0.39 is 0 Å². The molecule has 1 N–H and O–H groups in total.